The van der Waals surface area contributed by atoms with Crippen LogP contribution < -0.4 is 11.1 Å². The summed E-state index contributed by atoms with van der Waals surface area (Å²) in [5.41, 5.74) is 5.45. The maximum atomic E-state index is 5.45. The van der Waals surface area contributed by atoms with Gasteiger partial charge in [0.1, 0.15) is 0 Å². The molecular weight excluding hydrogens is 196 g/mol. The van der Waals surface area contributed by atoms with Gasteiger partial charge in [0.05, 0.1) is 0 Å². The maximum absolute atomic E-state index is 5.45. The molecule has 0 aromatic heterocycles. The highest BCUT2D eigenvalue weighted by Crippen LogP contribution is 2.09. The molecular formula is C14H32N2. The van der Waals surface area contributed by atoms with Gasteiger partial charge in [0.15, 0.2) is 0 Å². The quantitative estimate of drug-likeness (QED) is 0.502. The summed E-state index contributed by atoms with van der Waals surface area (Å²) in [4.78, 5) is 0. The average Bonchev–Trinajstić information content (AvgIpc) is 2.25. The summed E-state index contributed by atoms with van der Waals surface area (Å²) in [6.45, 7) is 6.47. The van der Waals surface area contributed by atoms with Crippen LogP contribution in [0.1, 0.15) is 71.6 Å². The molecule has 0 saturated heterocycles. The molecule has 0 aliphatic rings. The van der Waals surface area contributed by atoms with Gasteiger partial charge in [0.25, 0.3) is 0 Å². The summed E-state index contributed by atoms with van der Waals surface area (Å²) in [6, 6.07) is 0.641. The van der Waals surface area contributed by atoms with E-state index in [-0.39, 0.29) is 0 Å². The maximum Gasteiger partial charge on any atom is 0.00103 e. The van der Waals surface area contributed by atoms with Crippen LogP contribution in [0.3, 0.4) is 0 Å². The molecule has 98 valence electrons. The van der Waals surface area contributed by atoms with Crippen molar-refractivity contribution in [2.24, 2.45) is 5.73 Å². The van der Waals surface area contributed by atoms with Crippen LogP contribution in [0.25, 0.3) is 0 Å². The molecule has 0 spiro atoms. The van der Waals surface area contributed by atoms with Gasteiger partial charge in [-0.3, -0.25) is 0 Å². The Morgan fingerprint density at radius 2 is 1.19 bits per heavy atom. The average molecular weight is 228 g/mol. The Morgan fingerprint density at radius 3 is 1.62 bits per heavy atom. The highest BCUT2D eigenvalue weighted by Gasteiger charge is 1.93. The topological polar surface area (TPSA) is 38.0 Å². The first-order valence-corrected chi connectivity index (χ1v) is 7.21. The number of hydrogen-bond acceptors (Lipinski definition) is 2. The Kier molecular flexibility index (Phi) is 12.9. The van der Waals surface area contributed by atoms with Crippen molar-refractivity contribution >= 4 is 0 Å². The van der Waals surface area contributed by atoms with Crippen LogP contribution in [0, 0.1) is 0 Å². The van der Waals surface area contributed by atoms with Crippen molar-refractivity contribution in [3.63, 3.8) is 0 Å². The number of rotatable bonds is 12. The van der Waals surface area contributed by atoms with Crippen LogP contribution in [0.4, 0.5) is 0 Å². The first kappa shape index (κ1) is 15.9. The zero-order chi connectivity index (χ0) is 12.1. The summed E-state index contributed by atoms with van der Waals surface area (Å²) in [7, 11) is 0. The molecule has 0 atom stereocenters. The van der Waals surface area contributed by atoms with E-state index in [1.807, 2.05) is 0 Å². The number of unbranched alkanes of at least 4 members (excludes halogenated alkanes) is 8. The van der Waals surface area contributed by atoms with Crippen molar-refractivity contribution < 1.29 is 0 Å². The largest absolute Gasteiger partial charge is 0.330 e. The Balaban J connectivity index is 2.88. The van der Waals surface area contributed by atoms with Gasteiger partial charge in [-0.05, 0) is 25.9 Å². The molecule has 2 nitrogen and oxygen atoms in total. The Morgan fingerprint density at radius 1 is 0.750 bits per heavy atom. The third-order valence-electron chi connectivity index (χ3n) is 2.93. The van der Waals surface area contributed by atoms with Crippen molar-refractivity contribution in [2.45, 2.75) is 77.7 Å². The first-order valence-electron chi connectivity index (χ1n) is 7.21. The van der Waals surface area contributed by atoms with E-state index in [0.717, 1.165) is 6.54 Å². The van der Waals surface area contributed by atoms with Crippen LogP contribution in [0.2, 0.25) is 0 Å². The van der Waals surface area contributed by atoms with Crippen molar-refractivity contribution in [1.29, 1.82) is 0 Å². The van der Waals surface area contributed by atoms with Gasteiger partial charge in [-0.1, -0.05) is 58.8 Å². The van der Waals surface area contributed by atoms with Gasteiger partial charge in [0, 0.05) is 6.04 Å². The van der Waals surface area contributed by atoms with Crippen LogP contribution in [-0.4, -0.2) is 19.1 Å². The lowest BCUT2D eigenvalue weighted by atomic mass is 10.1. The number of nitrogens with two attached hydrogens (primary N) is 1. The van der Waals surface area contributed by atoms with Gasteiger partial charge in [-0.2, -0.15) is 0 Å². The van der Waals surface area contributed by atoms with E-state index in [9.17, 15) is 0 Å². The molecule has 0 aromatic rings. The number of hydrogen-bond donors (Lipinski definition) is 2. The molecule has 2 heteroatoms. The summed E-state index contributed by atoms with van der Waals surface area (Å²) in [5, 5.41) is 3.46. The van der Waals surface area contributed by atoms with Crippen LogP contribution in [0.5, 0.6) is 0 Å². The van der Waals surface area contributed by atoms with Gasteiger partial charge in [0.2, 0.25) is 0 Å². The third kappa shape index (κ3) is 13.9. The second-order valence-electron chi connectivity index (χ2n) is 5.08. The van der Waals surface area contributed by atoms with E-state index in [1.54, 1.807) is 0 Å². The van der Waals surface area contributed by atoms with Crippen molar-refractivity contribution in [1.82, 2.24) is 5.32 Å². The lowest BCUT2D eigenvalue weighted by Gasteiger charge is -2.07. The van der Waals surface area contributed by atoms with Crippen molar-refractivity contribution in [2.75, 3.05) is 13.1 Å². The van der Waals surface area contributed by atoms with Gasteiger partial charge in [-0.15, -0.1) is 0 Å². The van der Waals surface area contributed by atoms with E-state index in [2.05, 4.69) is 19.2 Å². The van der Waals surface area contributed by atoms with E-state index >= 15 is 0 Å². The fourth-order valence-corrected chi connectivity index (χ4v) is 1.90. The SMILES string of the molecule is CC(C)NCCCCCCCCCCCN. The Labute approximate surface area is 102 Å². The molecule has 0 unspecified atom stereocenters. The molecule has 0 aliphatic heterocycles. The second kappa shape index (κ2) is 13.0. The fraction of sp³-hybridized carbons (Fsp3) is 1.00. The molecule has 0 amide bonds. The molecule has 0 aliphatic carbocycles. The molecule has 0 heterocycles. The Bertz CT molecular complexity index is 124. The lowest BCUT2D eigenvalue weighted by molar-refractivity contribution is 0.525. The van der Waals surface area contributed by atoms with Crippen LogP contribution in [0.15, 0.2) is 0 Å². The summed E-state index contributed by atoms with van der Waals surface area (Å²) in [5.74, 6) is 0. The van der Waals surface area contributed by atoms with Crippen molar-refractivity contribution in [3.05, 3.63) is 0 Å². The molecule has 16 heavy (non-hydrogen) atoms. The zero-order valence-electron chi connectivity index (χ0n) is 11.4. The molecule has 0 bridgehead atoms. The summed E-state index contributed by atoms with van der Waals surface area (Å²) < 4.78 is 0. The van der Waals surface area contributed by atoms with Crippen LogP contribution in [-0.2, 0) is 0 Å². The summed E-state index contributed by atoms with van der Waals surface area (Å²) in [6.07, 6.45) is 12.3. The predicted octanol–water partition coefficient (Wildman–Crippen LogP) is 3.45. The minimum atomic E-state index is 0.641. The van der Waals surface area contributed by atoms with E-state index in [1.165, 1.54) is 64.3 Å². The van der Waals surface area contributed by atoms with Gasteiger partial charge >= 0.3 is 0 Å². The second-order valence-corrected chi connectivity index (χ2v) is 5.08. The number of nitrogens with one attached hydrogen (secondary N) is 1. The van der Waals surface area contributed by atoms with Gasteiger partial charge < -0.3 is 11.1 Å². The van der Waals surface area contributed by atoms with Crippen molar-refractivity contribution in [3.8, 4) is 0 Å². The molecule has 0 aromatic carbocycles. The van der Waals surface area contributed by atoms with Crippen LogP contribution >= 0.6 is 0 Å². The minimum Gasteiger partial charge on any atom is -0.330 e. The molecule has 0 saturated carbocycles. The monoisotopic (exact) mass is 228 g/mol. The standard InChI is InChI=1S/C14H32N2/c1-14(2)16-13-11-9-7-5-3-4-6-8-10-12-15/h14,16H,3-13,15H2,1-2H3. The van der Waals surface area contributed by atoms with E-state index < -0.39 is 0 Å². The smallest absolute Gasteiger partial charge is 0.00103 e. The highest BCUT2D eigenvalue weighted by atomic mass is 14.9. The Hall–Kier alpha value is -0.0800. The van der Waals surface area contributed by atoms with E-state index in [4.69, 9.17) is 5.73 Å². The minimum absolute atomic E-state index is 0.641. The molecule has 0 radical (unpaired) electrons. The third-order valence-corrected chi connectivity index (χ3v) is 2.93. The normalized spacial score (nSPS) is 11.2. The highest BCUT2D eigenvalue weighted by molar-refractivity contribution is 4.53. The molecule has 0 rings (SSSR count). The first-order chi connectivity index (χ1) is 7.77. The lowest BCUT2D eigenvalue weighted by Crippen LogP contribution is -2.23. The molecule has 0 fully saturated rings. The molecule has 3 N–H and O–H groups in total. The summed E-state index contributed by atoms with van der Waals surface area (Å²) >= 11 is 0. The van der Waals surface area contributed by atoms with Gasteiger partial charge in [-0.25, -0.2) is 0 Å². The fourth-order valence-electron chi connectivity index (χ4n) is 1.90. The predicted molar refractivity (Wildman–Crippen MR) is 73.7 cm³/mol. The zero-order valence-corrected chi connectivity index (χ0v) is 11.4. The van der Waals surface area contributed by atoms with E-state index in [0.29, 0.717) is 6.04 Å².